The van der Waals surface area contributed by atoms with Gasteiger partial charge in [-0.2, -0.15) is 18.3 Å². The highest BCUT2D eigenvalue weighted by Gasteiger charge is 2.33. The number of aromatic nitrogens is 2. The fourth-order valence-electron chi connectivity index (χ4n) is 4.08. The van der Waals surface area contributed by atoms with Gasteiger partial charge in [0.1, 0.15) is 0 Å². The number of nitrogens with one attached hydrogen (secondary N) is 1. The van der Waals surface area contributed by atoms with Crippen molar-refractivity contribution in [3.63, 3.8) is 0 Å². The number of aryl methyl sites for hydroxylation is 1. The number of anilines is 1. The van der Waals surface area contributed by atoms with Crippen molar-refractivity contribution in [3.8, 4) is 5.69 Å². The van der Waals surface area contributed by atoms with Gasteiger partial charge in [-0.15, -0.1) is 0 Å². The molecule has 1 unspecified atom stereocenters. The van der Waals surface area contributed by atoms with E-state index >= 15 is 0 Å². The third-order valence-electron chi connectivity index (χ3n) is 6.06. The molecule has 1 N–H and O–H groups in total. The summed E-state index contributed by atoms with van der Waals surface area (Å²) in [7, 11) is 0. The Bertz CT molecular complexity index is 1200. The molecule has 4 rings (SSSR count). The van der Waals surface area contributed by atoms with Crippen LogP contribution in [0.25, 0.3) is 5.69 Å². The quantitative estimate of drug-likeness (QED) is 0.550. The predicted octanol–water partition coefficient (Wildman–Crippen LogP) is 5.47. The summed E-state index contributed by atoms with van der Waals surface area (Å²) < 4.78 is 39.4. The molecule has 3 aromatic rings. The first kappa shape index (κ1) is 23.5. The molecule has 0 spiro atoms. The van der Waals surface area contributed by atoms with Gasteiger partial charge >= 0.3 is 6.18 Å². The highest BCUT2D eigenvalue weighted by molar-refractivity contribution is 6.05. The number of amides is 2. The van der Waals surface area contributed by atoms with Crippen LogP contribution in [0.15, 0.2) is 54.7 Å². The van der Waals surface area contributed by atoms with Crippen LogP contribution < -0.4 is 5.32 Å². The first-order valence-electron chi connectivity index (χ1n) is 11.1. The average Bonchev–Trinajstić information content (AvgIpc) is 3.31. The second-order valence-electron chi connectivity index (χ2n) is 8.52. The van der Waals surface area contributed by atoms with E-state index in [0.717, 1.165) is 42.1 Å². The van der Waals surface area contributed by atoms with Gasteiger partial charge in [-0.1, -0.05) is 0 Å². The van der Waals surface area contributed by atoms with Crippen LogP contribution in [0.1, 0.15) is 58.2 Å². The summed E-state index contributed by atoms with van der Waals surface area (Å²) in [6, 6.07) is 12.4. The molecular formula is C25H25F3N4O2. The van der Waals surface area contributed by atoms with E-state index < -0.39 is 11.9 Å². The van der Waals surface area contributed by atoms with Crippen molar-refractivity contribution < 1.29 is 22.8 Å². The molecule has 178 valence electrons. The summed E-state index contributed by atoms with van der Waals surface area (Å²) in [6.07, 6.45) is -0.163. The van der Waals surface area contributed by atoms with Crippen LogP contribution in [-0.2, 0) is 6.18 Å². The molecule has 1 aliphatic rings. The first-order chi connectivity index (χ1) is 16.1. The van der Waals surface area contributed by atoms with Crippen molar-refractivity contribution in [2.45, 2.75) is 45.3 Å². The van der Waals surface area contributed by atoms with Crippen molar-refractivity contribution in [1.82, 2.24) is 14.7 Å². The number of likely N-dealkylation sites (tertiary alicyclic amines) is 1. The Balaban J connectivity index is 1.44. The number of nitrogens with zero attached hydrogens (tertiary/aromatic N) is 3. The Kier molecular flexibility index (Phi) is 6.45. The zero-order valence-corrected chi connectivity index (χ0v) is 18.9. The van der Waals surface area contributed by atoms with Gasteiger partial charge in [-0.3, -0.25) is 9.59 Å². The number of carbonyl (C=O) groups is 2. The molecule has 2 amide bonds. The molecular weight excluding hydrogens is 445 g/mol. The van der Waals surface area contributed by atoms with Crippen LogP contribution in [0.2, 0.25) is 0 Å². The molecule has 1 atom stereocenters. The van der Waals surface area contributed by atoms with E-state index in [2.05, 4.69) is 17.3 Å². The largest absolute Gasteiger partial charge is 0.435 e. The second-order valence-corrected chi connectivity index (χ2v) is 8.52. The van der Waals surface area contributed by atoms with E-state index in [1.165, 1.54) is 30.5 Å². The molecule has 9 heteroatoms. The molecule has 1 aromatic heterocycles. The van der Waals surface area contributed by atoms with Crippen molar-refractivity contribution in [2.75, 3.05) is 11.9 Å². The zero-order valence-electron chi connectivity index (χ0n) is 18.9. The number of rotatable bonds is 4. The van der Waals surface area contributed by atoms with E-state index in [9.17, 15) is 22.8 Å². The maximum atomic E-state index is 12.9. The van der Waals surface area contributed by atoms with Crippen LogP contribution in [0.4, 0.5) is 18.9 Å². The number of hydrogen-bond donors (Lipinski definition) is 1. The molecule has 1 fully saturated rings. The number of benzene rings is 2. The summed E-state index contributed by atoms with van der Waals surface area (Å²) in [6.45, 7) is 4.64. The SMILES string of the molecule is Cc1cc(C(=O)N2CCCCC2C)ccc1NC(=O)c1ccc(-n2ccc(C(F)(F)F)n2)cc1. The Hall–Kier alpha value is -3.62. The predicted molar refractivity (Wildman–Crippen MR) is 122 cm³/mol. The lowest BCUT2D eigenvalue weighted by atomic mass is 10.0. The molecule has 6 nitrogen and oxygen atoms in total. The zero-order chi connectivity index (χ0) is 24.5. The Labute approximate surface area is 195 Å². The maximum absolute atomic E-state index is 12.9. The van der Waals surface area contributed by atoms with Crippen LogP contribution in [0, 0.1) is 6.92 Å². The van der Waals surface area contributed by atoms with E-state index in [0.29, 0.717) is 22.5 Å². The average molecular weight is 470 g/mol. The van der Waals surface area contributed by atoms with Gasteiger partial charge in [0.05, 0.1) is 5.69 Å². The third-order valence-corrected chi connectivity index (χ3v) is 6.06. The van der Waals surface area contributed by atoms with Crippen LogP contribution in [-0.4, -0.2) is 39.1 Å². The minimum absolute atomic E-state index is 0.00364. The lowest BCUT2D eigenvalue weighted by molar-refractivity contribution is -0.141. The number of halogens is 3. The number of piperidine rings is 1. The van der Waals surface area contributed by atoms with Crippen LogP contribution >= 0.6 is 0 Å². The lowest BCUT2D eigenvalue weighted by Crippen LogP contribution is -2.42. The molecule has 0 saturated carbocycles. The molecule has 0 radical (unpaired) electrons. The van der Waals surface area contributed by atoms with Gasteiger partial charge in [-0.25, -0.2) is 4.68 Å². The second kappa shape index (κ2) is 9.32. The van der Waals surface area contributed by atoms with Gasteiger partial charge in [0, 0.05) is 35.6 Å². The molecule has 2 heterocycles. The maximum Gasteiger partial charge on any atom is 0.435 e. The molecule has 0 aliphatic carbocycles. The normalized spacial score (nSPS) is 16.4. The molecule has 34 heavy (non-hydrogen) atoms. The van der Waals surface area contributed by atoms with Gasteiger partial charge in [0.2, 0.25) is 0 Å². The van der Waals surface area contributed by atoms with Crippen molar-refractivity contribution in [3.05, 3.63) is 77.1 Å². The van der Waals surface area contributed by atoms with Crippen molar-refractivity contribution in [1.29, 1.82) is 0 Å². The highest BCUT2D eigenvalue weighted by Crippen LogP contribution is 2.28. The molecule has 1 aliphatic heterocycles. The van der Waals surface area contributed by atoms with Gasteiger partial charge in [-0.05, 0) is 87.2 Å². The first-order valence-corrected chi connectivity index (χ1v) is 11.1. The van der Waals surface area contributed by atoms with Crippen molar-refractivity contribution >= 4 is 17.5 Å². The van der Waals surface area contributed by atoms with E-state index in [1.54, 1.807) is 18.2 Å². The van der Waals surface area contributed by atoms with E-state index in [-0.39, 0.29) is 17.9 Å². The standard InChI is InChI=1S/C25H25F3N4O2/c1-16-15-19(24(34)31-13-4-3-5-17(31)2)8-11-21(16)29-23(33)18-6-9-20(10-7-18)32-14-12-22(30-32)25(26,27)28/h6-12,14-15,17H,3-5,13H2,1-2H3,(H,29,33). The summed E-state index contributed by atoms with van der Waals surface area (Å²) in [5, 5.41) is 6.36. The summed E-state index contributed by atoms with van der Waals surface area (Å²) >= 11 is 0. The smallest absolute Gasteiger partial charge is 0.336 e. The molecule has 1 saturated heterocycles. The monoisotopic (exact) mass is 470 g/mol. The Morgan fingerprint density at radius 2 is 1.74 bits per heavy atom. The Morgan fingerprint density at radius 1 is 1.03 bits per heavy atom. The number of alkyl halides is 3. The van der Waals surface area contributed by atoms with Crippen molar-refractivity contribution in [2.24, 2.45) is 0 Å². The number of carbonyl (C=O) groups excluding carboxylic acids is 2. The molecule has 2 aromatic carbocycles. The van der Waals surface area contributed by atoms with Gasteiger partial charge in [0.15, 0.2) is 5.69 Å². The minimum atomic E-state index is -4.52. The Morgan fingerprint density at radius 3 is 2.35 bits per heavy atom. The number of hydrogen-bond acceptors (Lipinski definition) is 3. The van der Waals surface area contributed by atoms with Gasteiger partial charge in [0.25, 0.3) is 11.8 Å². The van der Waals surface area contributed by atoms with Crippen LogP contribution in [0.5, 0.6) is 0 Å². The molecule has 0 bridgehead atoms. The topological polar surface area (TPSA) is 67.2 Å². The lowest BCUT2D eigenvalue weighted by Gasteiger charge is -2.33. The highest BCUT2D eigenvalue weighted by atomic mass is 19.4. The van der Waals surface area contributed by atoms with E-state index in [1.807, 2.05) is 11.8 Å². The summed E-state index contributed by atoms with van der Waals surface area (Å²) in [4.78, 5) is 27.5. The fraction of sp³-hybridized carbons (Fsp3) is 0.320. The fourth-order valence-corrected chi connectivity index (χ4v) is 4.08. The summed E-state index contributed by atoms with van der Waals surface area (Å²) in [5.74, 6) is -0.370. The minimum Gasteiger partial charge on any atom is -0.336 e. The summed E-state index contributed by atoms with van der Waals surface area (Å²) in [5.41, 5.74) is 1.69. The van der Waals surface area contributed by atoms with Gasteiger partial charge < -0.3 is 10.2 Å². The van der Waals surface area contributed by atoms with E-state index in [4.69, 9.17) is 0 Å². The van der Waals surface area contributed by atoms with Crippen LogP contribution in [0.3, 0.4) is 0 Å². The third kappa shape index (κ3) is 4.98.